The number of piperazine rings is 1. The summed E-state index contributed by atoms with van der Waals surface area (Å²) in [6.45, 7) is 5.17. The normalized spacial score (nSPS) is 15.8. The molecular formula is C22H28F2N4O2. The molecule has 6 nitrogen and oxygen atoms in total. The Morgan fingerprint density at radius 3 is 2.63 bits per heavy atom. The summed E-state index contributed by atoms with van der Waals surface area (Å²) in [5, 5.41) is 13.8. The molecule has 1 atom stereocenters. The van der Waals surface area contributed by atoms with Gasteiger partial charge in [-0.25, -0.2) is 8.78 Å². The minimum absolute atomic E-state index is 0.203. The Bertz CT molecular complexity index is 870. The summed E-state index contributed by atoms with van der Waals surface area (Å²) in [4.78, 5) is 8.49. The molecule has 8 heteroatoms. The van der Waals surface area contributed by atoms with Crippen molar-refractivity contribution in [2.24, 2.45) is 4.99 Å². The molecule has 0 saturated carbocycles. The monoisotopic (exact) mass is 418 g/mol. The predicted octanol–water partition coefficient (Wildman–Crippen LogP) is 2.79. The van der Waals surface area contributed by atoms with E-state index < -0.39 is 17.7 Å². The molecule has 30 heavy (non-hydrogen) atoms. The molecule has 1 fully saturated rings. The van der Waals surface area contributed by atoms with Crippen molar-refractivity contribution in [3.8, 4) is 5.75 Å². The minimum atomic E-state index is -0.753. The lowest BCUT2D eigenvalue weighted by atomic mass is 10.1. The zero-order valence-corrected chi connectivity index (χ0v) is 17.3. The van der Waals surface area contributed by atoms with Crippen molar-refractivity contribution in [3.05, 3.63) is 59.7 Å². The van der Waals surface area contributed by atoms with Gasteiger partial charge in [0.1, 0.15) is 17.4 Å². The average Bonchev–Trinajstić information content (AvgIpc) is 2.78. The van der Waals surface area contributed by atoms with Crippen LogP contribution < -0.4 is 15.0 Å². The van der Waals surface area contributed by atoms with Gasteiger partial charge in [-0.1, -0.05) is 12.1 Å². The first-order valence-electron chi connectivity index (χ1n) is 10.1. The van der Waals surface area contributed by atoms with Crippen LogP contribution in [0.1, 0.15) is 18.6 Å². The van der Waals surface area contributed by atoms with Crippen LogP contribution in [0.15, 0.2) is 47.5 Å². The van der Waals surface area contributed by atoms with Crippen LogP contribution in [0.25, 0.3) is 0 Å². The molecule has 1 heterocycles. The summed E-state index contributed by atoms with van der Waals surface area (Å²) in [6.07, 6.45) is -0.753. The van der Waals surface area contributed by atoms with Gasteiger partial charge >= 0.3 is 0 Å². The number of hydrogen-bond acceptors (Lipinski definition) is 4. The number of rotatable bonds is 6. The van der Waals surface area contributed by atoms with Gasteiger partial charge < -0.3 is 25.0 Å². The van der Waals surface area contributed by atoms with Crippen LogP contribution in [0.5, 0.6) is 5.75 Å². The van der Waals surface area contributed by atoms with Gasteiger partial charge in [0.15, 0.2) is 5.96 Å². The summed E-state index contributed by atoms with van der Waals surface area (Å²) in [5.74, 6) is 0.504. The Labute approximate surface area is 175 Å². The molecule has 0 aromatic heterocycles. The van der Waals surface area contributed by atoms with Crippen molar-refractivity contribution in [1.29, 1.82) is 0 Å². The molecule has 0 aliphatic carbocycles. The molecule has 1 aliphatic rings. The number of hydrogen-bond donors (Lipinski definition) is 2. The number of anilines is 1. The van der Waals surface area contributed by atoms with E-state index in [1.807, 2.05) is 30.0 Å². The lowest BCUT2D eigenvalue weighted by Gasteiger charge is -2.37. The van der Waals surface area contributed by atoms with E-state index in [1.54, 1.807) is 13.2 Å². The second-order valence-corrected chi connectivity index (χ2v) is 7.06. The highest BCUT2D eigenvalue weighted by Crippen LogP contribution is 2.22. The lowest BCUT2D eigenvalue weighted by molar-refractivity contribution is 0.186. The number of nitrogens with one attached hydrogen (secondary N) is 1. The fourth-order valence-electron chi connectivity index (χ4n) is 3.44. The molecule has 0 amide bonds. The molecule has 2 N–H and O–H groups in total. The van der Waals surface area contributed by atoms with E-state index in [-0.39, 0.29) is 12.2 Å². The molecule has 0 radical (unpaired) electrons. The molecule has 2 aromatic rings. The number of halogens is 2. The molecule has 1 unspecified atom stereocenters. The zero-order chi connectivity index (χ0) is 21.5. The van der Waals surface area contributed by atoms with Crippen LogP contribution in [0.2, 0.25) is 0 Å². The molecule has 1 saturated heterocycles. The van der Waals surface area contributed by atoms with Crippen molar-refractivity contribution in [1.82, 2.24) is 10.2 Å². The first-order valence-corrected chi connectivity index (χ1v) is 10.1. The summed E-state index contributed by atoms with van der Waals surface area (Å²) in [7, 11) is 1.59. The van der Waals surface area contributed by atoms with Gasteiger partial charge in [-0.2, -0.15) is 0 Å². The highest BCUT2D eigenvalue weighted by Gasteiger charge is 2.22. The number of aliphatic imine (C=N–C) groups is 1. The third-order valence-corrected chi connectivity index (χ3v) is 5.06. The fraction of sp³-hybridized carbons (Fsp3) is 0.409. The molecular weight excluding hydrogens is 390 g/mol. The standard InChI is InChI=1S/C22H28F2N4O2/c1-3-25-22(26-15-21(29)16-5-4-6-18(13-16)30-2)28-11-9-27(10-12-28)20-14-17(23)7-8-19(20)24/h4-8,13-14,21,29H,3,9-12,15H2,1-2H3,(H,25,26). The number of guanidine groups is 1. The molecule has 3 rings (SSSR count). The maximum absolute atomic E-state index is 14.1. The highest BCUT2D eigenvalue weighted by atomic mass is 19.1. The first kappa shape index (κ1) is 21.8. The molecule has 162 valence electrons. The van der Waals surface area contributed by atoms with Crippen LogP contribution in [0.3, 0.4) is 0 Å². The van der Waals surface area contributed by atoms with E-state index in [2.05, 4.69) is 15.2 Å². The number of ether oxygens (including phenoxy) is 1. The SMILES string of the molecule is CCNC(=NCC(O)c1cccc(OC)c1)N1CCN(c2cc(F)ccc2F)CC1. The van der Waals surface area contributed by atoms with E-state index in [4.69, 9.17) is 4.74 Å². The maximum atomic E-state index is 14.1. The van der Waals surface area contributed by atoms with Crippen molar-refractivity contribution < 1.29 is 18.6 Å². The van der Waals surface area contributed by atoms with Gasteiger partial charge in [0.2, 0.25) is 0 Å². The third kappa shape index (κ3) is 5.38. The van der Waals surface area contributed by atoms with Crippen LogP contribution in [0, 0.1) is 11.6 Å². The summed E-state index contributed by atoms with van der Waals surface area (Å²) in [6, 6.07) is 10.8. The van der Waals surface area contributed by atoms with Crippen molar-refractivity contribution in [2.45, 2.75) is 13.0 Å². The molecule has 0 spiro atoms. The van der Waals surface area contributed by atoms with Crippen molar-refractivity contribution >= 4 is 11.6 Å². The summed E-state index contributed by atoms with van der Waals surface area (Å²) >= 11 is 0. The largest absolute Gasteiger partial charge is 0.497 e. The Balaban J connectivity index is 1.64. The second-order valence-electron chi connectivity index (χ2n) is 7.06. The van der Waals surface area contributed by atoms with Gasteiger partial charge in [0, 0.05) is 38.8 Å². The van der Waals surface area contributed by atoms with Crippen molar-refractivity contribution in [2.75, 3.05) is 51.3 Å². The van der Waals surface area contributed by atoms with E-state index in [0.717, 1.165) is 17.7 Å². The summed E-state index contributed by atoms with van der Waals surface area (Å²) in [5.41, 5.74) is 1.02. The van der Waals surface area contributed by atoms with Crippen molar-refractivity contribution in [3.63, 3.8) is 0 Å². The molecule has 0 bridgehead atoms. The second kappa shape index (κ2) is 10.2. The molecule has 2 aromatic carbocycles. The Kier molecular flexibility index (Phi) is 7.46. The van der Waals surface area contributed by atoms with Gasteiger partial charge in [-0.3, -0.25) is 4.99 Å². The first-order chi connectivity index (χ1) is 14.5. The predicted molar refractivity (Wildman–Crippen MR) is 114 cm³/mol. The van der Waals surface area contributed by atoms with E-state index >= 15 is 0 Å². The number of aliphatic hydroxyl groups excluding tert-OH is 1. The zero-order valence-electron chi connectivity index (χ0n) is 17.3. The van der Waals surface area contributed by atoms with Crippen LogP contribution in [-0.4, -0.2) is 62.3 Å². The smallest absolute Gasteiger partial charge is 0.194 e. The Morgan fingerprint density at radius 1 is 1.17 bits per heavy atom. The van der Waals surface area contributed by atoms with Gasteiger partial charge in [0.25, 0.3) is 0 Å². The number of nitrogens with zero attached hydrogens (tertiary/aromatic N) is 3. The van der Waals surface area contributed by atoms with Gasteiger partial charge in [-0.05, 0) is 36.8 Å². The lowest BCUT2D eigenvalue weighted by Crippen LogP contribution is -2.52. The third-order valence-electron chi connectivity index (χ3n) is 5.06. The molecule has 1 aliphatic heterocycles. The van der Waals surface area contributed by atoms with E-state index in [1.165, 1.54) is 6.07 Å². The number of methoxy groups -OCH3 is 1. The van der Waals surface area contributed by atoms with Crippen LogP contribution in [0.4, 0.5) is 14.5 Å². The van der Waals surface area contributed by atoms with Crippen LogP contribution >= 0.6 is 0 Å². The highest BCUT2D eigenvalue weighted by molar-refractivity contribution is 5.80. The Hall–Kier alpha value is -2.87. The average molecular weight is 418 g/mol. The minimum Gasteiger partial charge on any atom is -0.497 e. The van der Waals surface area contributed by atoms with E-state index in [9.17, 15) is 13.9 Å². The Morgan fingerprint density at radius 2 is 1.93 bits per heavy atom. The number of aliphatic hydroxyl groups is 1. The van der Waals surface area contributed by atoms with Crippen LogP contribution in [-0.2, 0) is 0 Å². The topological polar surface area (TPSA) is 60.3 Å². The quantitative estimate of drug-likeness (QED) is 0.558. The maximum Gasteiger partial charge on any atom is 0.194 e. The summed E-state index contributed by atoms with van der Waals surface area (Å²) < 4.78 is 32.8. The van der Waals surface area contributed by atoms with Gasteiger partial charge in [-0.15, -0.1) is 0 Å². The van der Waals surface area contributed by atoms with E-state index in [0.29, 0.717) is 44.4 Å². The fourth-order valence-corrected chi connectivity index (χ4v) is 3.44. The number of benzene rings is 2. The van der Waals surface area contributed by atoms with Gasteiger partial charge in [0.05, 0.1) is 25.4 Å².